The van der Waals surface area contributed by atoms with E-state index in [1.54, 1.807) is 12.4 Å². The Morgan fingerprint density at radius 3 is 2.88 bits per heavy atom. The number of hydrogen-bond acceptors (Lipinski definition) is 5. The quantitative estimate of drug-likeness (QED) is 0.908. The molecule has 0 spiro atoms. The van der Waals surface area contributed by atoms with Gasteiger partial charge in [0.05, 0.1) is 17.9 Å². The minimum absolute atomic E-state index is 0.321. The van der Waals surface area contributed by atoms with Gasteiger partial charge in [0.25, 0.3) is 0 Å². The van der Waals surface area contributed by atoms with Crippen molar-refractivity contribution < 1.29 is 0 Å². The van der Waals surface area contributed by atoms with E-state index >= 15 is 0 Å². The van der Waals surface area contributed by atoms with Gasteiger partial charge in [0.15, 0.2) is 0 Å². The fourth-order valence-corrected chi connectivity index (χ4v) is 5.03. The second-order valence-electron chi connectivity index (χ2n) is 4.08. The molecule has 3 unspecified atom stereocenters. The van der Waals surface area contributed by atoms with E-state index in [0.29, 0.717) is 16.5 Å². The summed E-state index contributed by atoms with van der Waals surface area (Å²) in [6.07, 6.45) is 5.41. The van der Waals surface area contributed by atoms with Crippen LogP contribution in [0.1, 0.15) is 25.6 Å². The lowest BCUT2D eigenvalue weighted by Gasteiger charge is -2.34. The molecule has 1 fully saturated rings. The highest BCUT2D eigenvalue weighted by atomic mass is 32.2. The number of rotatable bonds is 4. The molecule has 0 bridgehead atoms. The number of nitrogens with zero attached hydrogens (tertiary/aromatic N) is 2. The average molecular weight is 269 g/mol. The summed E-state index contributed by atoms with van der Waals surface area (Å²) in [5.74, 6) is 2.50. The second kappa shape index (κ2) is 6.61. The molecule has 0 radical (unpaired) electrons. The van der Waals surface area contributed by atoms with Gasteiger partial charge in [0.1, 0.15) is 0 Å². The van der Waals surface area contributed by atoms with E-state index in [-0.39, 0.29) is 0 Å². The molecule has 0 amide bonds. The van der Waals surface area contributed by atoms with Crippen LogP contribution in [0.15, 0.2) is 18.6 Å². The first-order valence-corrected chi connectivity index (χ1v) is 8.15. The van der Waals surface area contributed by atoms with E-state index in [4.69, 9.17) is 0 Å². The molecular weight excluding hydrogens is 250 g/mol. The van der Waals surface area contributed by atoms with Gasteiger partial charge in [-0.25, -0.2) is 0 Å². The maximum absolute atomic E-state index is 4.46. The third-order valence-corrected chi connectivity index (χ3v) is 6.09. The van der Waals surface area contributed by atoms with E-state index in [0.717, 1.165) is 12.2 Å². The topological polar surface area (TPSA) is 37.8 Å². The summed E-state index contributed by atoms with van der Waals surface area (Å²) in [5.41, 5.74) is 1.07. The molecule has 0 aromatic carbocycles. The normalized spacial score (nSPS) is 26.7. The Bertz CT molecular complexity index is 334. The maximum Gasteiger partial charge on any atom is 0.0767 e. The predicted molar refractivity (Wildman–Crippen MR) is 76.6 cm³/mol. The van der Waals surface area contributed by atoms with Crippen molar-refractivity contribution in [3.8, 4) is 0 Å². The minimum Gasteiger partial charge on any atom is -0.308 e. The Hall–Kier alpha value is -0.260. The Morgan fingerprint density at radius 2 is 2.24 bits per heavy atom. The molecule has 17 heavy (non-hydrogen) atoms. The van der Waals surface area contributed by atoms with Gasteiger partial charge in [0, 0.05) is 34.4 Å². The van der Waals surface area contributed by atoms with E-state index in [1.807, 2.05) is 6.20 Å². The monoisotopic (exact) mass is 269 g/mol. The molecule has 0 aliphatic carbocycles. The van der Waals surface area contributed by atoms with Crippen LogP contribution >= 0.6 is 23.5 Å². The minimum atomic E-state index is 0.321. The summed E-state index contributed by atoms with van der Waals surface area (Å²) in [4.78, 5) is 8.65. The molecule has 1 N–H and O–H groups in total. The summed E-state index contributed by atoms with van der Waals surface area (Å²) in [6.45, 7) is 5.44. The van der Waals surface area contributed by atoms with Crippen molar-refractivity contribution in [1.29, 1.82) is 0 Å². The van der Waals surface area contributed by atoms with E-state index in [2.05, 4.69) is 52.7 Å². The predicted octanol–water partition coefficient (Wildman–Crippen LogP) is 2.36. The SMILES string of the molecule is CCNC(c1cnccn1)C1SCCSC1C. The van der Waals surface area contributed by atoms with Crippen LogP contribution in [0, 0.1) is 0 Å². The van der Waals surface area contributed by atoms with Crippen molar-refractivity contribution in [3.63, 3.8) is 0 Å². The molecule has 2 rings (SSSR count). The Balaban J connectivity index is 2.16. The highest BCUT2D eigenvalue weighted by Crippen LogP contribution is 2.37. The maximum atomic E-state index is 4.46. The average Bonchev–Trinajstić information content (AvgIpc) is 2.38. The molecule has 3 atom stereocenters. The zero-order valence-corrected chi connectivity index (χ0v) is 11.9. The molecule has 1 aliphatic heterocycles. The largest absolute Gasteiger partial charge is 0.308 e. The molecule has 1 aromatic heterocycles. The van der Waals surface area contributed by atoms with Crippen LogP contribution < -0.4 is 5.32 Å². The van der Waals surface area contributed by atoms with Gasteiger partial charge in [0.2, 0.25) is 0 Å². The molecule has 0 saturated carbocycles. The van der Waals surface area contributed by atoms with Crippen molar-refractivity contribution >= 4 is 23.5 Å². The first-order valence-electron chi connectivity index (χ1n) is 6.05. The zero-order chi connectivity index (χ0) is 12.1. The lowest BCUT2D eigenvalue weighted by atomic mass is 10.1. The lowest BCUT2D eigenvalue weighted by molar-refractivity contribution is 0.512. The Morgan fingerprint density at radius 1 is 1.41 bits per heavy atom. The molecule has 94 valence electrons. The summed E-state index contributed by atoms with van der Waals surface area (Å²) >= 11 is 4.13. The van der Waals surface area contributed by atoms with Crippen molar-refractivity contribution in [2.75, 3.05) is 18.1 Å². The van der Waals surface area contributed by atoms with Gasteiger partial charge in [-0.2, -0.15) is 23.5 Å². The van der Waals surface area contributed by atoms with E-state index < -0.39 is 0 Å². The van der Waals surface area contributed by atoms with Gasteiger partial charge in [-0.3, -0.25) is 9.97 Å². The van der Waals surface area contributed by atoms with Crippen LogP contribution in [0.25, 0.3) is 0 Å². The third-order valence-electron chi connectivity index (χ3n) is 2.89. The zero-order valence-electron chi connectivity index (χ0n) is 10.3. The van der Waals surface area contributed by atoms with E-state index in [9.17, 15) is 0 Å². The Kier molecular flexibility index (Phi) is 5.13. The summed E-state index contributed by atoms with van der Waals surface area (Å²) < 4.78 is 0. The number of aromatic nitrogens is 2. The van der Waals surface area contributed by atoms with E-state index in [1.165, 1.54) is 11.5 Å². The molecule has 5 heteroatoms. The lowest BCUT2D eigenvalue weighted by Crippen LogP contribution is -2.38. The van der Waals surface area contributed by atoms with Crippen LogP contribution in [-0.2, 0) is 0 Å². The number of thioether (sulfide) groups is 2. The highest BCUT2D eigenvalue weighted by molar-refractivity contribution is 8.07. The smallest absolute Gasteiger partial charge is 0.0767 e. The second-order valence-corrected chi connectivity index (χ2v) is 6.85. The van der Waals surface area contributed by atoms with Gasteiger partial charge in [-0.1, -0.05) is 13.8 Å². The molecular formula is C12H19N3S2. The molecule has 1 saturated heterocycles. The van der Waals surface area contributed by atoms with Gasteiger partial charge in [-0.05, 0) is 6.54 Å². The first kappa shape index (κ1) is 13.2. The summed E-state index contributed by atoms with van der Waals surface area (Å²) in [5, 5.41) is 4.82. The van der Waals surface area contributed by atoms with Crippen LogP contribution in [0.2, 0.25) is 0 Å². The third kappa shape index (κ3) is 3.36. The molecule has 1 aliphatic rings. The summed E-state index contributed by atoms with van der Waals surface area (Å²) in [6, 6.07) is 0.321. The van der Waals surface area contributed by atoms with Crippen LogP contribution in [0.4, 0.5) is 0 Å². The molecule has 1 aromatic rings. The van der Waals surface area contributed by atoms with Gasteiger partial charge in [-0.15, -0.1) is 0 Å². The van der Waals surface area contributed by atoms with Crippen LogP contribution in [0.3, 0.4) is 0 Å². The Labute approximate surface area is 112 Å². The van der Waals surface area contributed by atoms with Crippen molar-refractivity contribution in [2.24, 2.45) is 0 Å². The van der Waals surface area contributed by atoms with Crippen molar-refractivity contribution in [3.05, 3.63) is 24.3 Å². The molecule has 3 nitrogen and oxygen atoms in total. The van der Waals surface area contributed by atoms with Gasteiger partial charge < -0.3 is 5.32 Å². The van der Waals surface area contributed by atoms with Gasteiger partial charge >= 0.3 is 0 Å². The highest BCUT2D eigenvalue weighted by Gasteiger charge is 2.31. The summed E-state index contributed by atoms with van der Waals surface area (Å²) in [7, 11) is 0. The standard InChI is InChI=1S/C12H19N3S2/c1-3-14-11(10-8-13-4-5-15-10)12-9(2)16-6-7-17-12/h4-5,8-9,11-12,14H,3,6-7H2,1-2H3. The van der Waals surface area contributed by atoms with Crippen LogP contribution in [-0.4, -0.2) is 38.5 Å². The fraction of sp³-hybridized carbons (Fsp3) is 0.667. The van der Waals surface area contributed by atoms with Crippen LogP contribution in [0.5, 0.6) is 0 Å². The molecule has 2 heterocycles. The number of hydrogen-bond donors (Lipinski definition) is 1. The first-order chi connectivity index (χ1) is 8.33. The van der Waals surface area contributed by atoms with Crippen molar-refractivity contribution in [2.45, 2.75) is 30.4 Å². The number of nitrogens with one attached hydrogen (secondary N) is 1. The fourth-order valence-electron chi connectivity index (χ4n) is 2.10. The van der Waals surface area contributed by atoms with Crippen molar-refractivity contribution in [1.82, 2.24) is 15.3 Å².